The summed E-state index contributed by atoms with van der Waals surface area (Å²) in [6, 6.07) is 1.43. The molecule has 3 heterocycles. The molecular weight excluding hydrogens is 257 g/mol. The van der Waals surface area contributed by atoms with E-state index in [0.29, 0.717) is 12.1 Å². The number of aromatic nitrogens is 4. The maximum atomic E-state index is 13.1. The zero-order valence-corrected chi connectivity index (χ0v) is 10.3. The number of fused-ring (bicyclic) bond motifs is 1. The first kappa shape index (κ1) is 11.4. The lowest BCUT2D eigenvalue weighted by Crippen LogP contribution is -2.34. The fraction of sp³-hybridized carbons (Fsp3) is 0.364. The van der Waals surface area contributed by atoms with E-state index in [1.165, 1.54) is 12.3 Å². The molecule has 2 aromatic rings. The molecule has 0 atom stereocenters. The van der Waals surface area contributed by atoms with Crippen LogP contribution in [-0.2, 0) is 19.0 Å². The highest BCUT2D eigenvalue weighted by Gasteiger charge is 2.20. The number of rotatable bonds is 2. The number of hydrogen-bond donors (Lipinski definition) is 0. The molecule has 0 N–H and O–H groups in total. The van der Waals surface area contributed by atoms with Crippen molar-refractivity contribution in [3.05, 3.63) is 35.8 Å². The zero-order valence-electron chi connectivity index (χ0n) is 9.55. The van der Waals surface area contributed by atoms with Crippen molar-refractivity contribution in [2.75, 3.05) is 11.4 Å². The second-order valence-electron chi connectivity index (χ2n) is 4.13. The first-order chi connectivity index (χ1) is 8.78. The topological polar surface area (TPSA) is 46.8 Å². The van der Waals surface area contributed by atoms with Gasteiger partial charge in [-0.1, -0.05) is 0 Å². The molecule has 2 aromatic heterocycles. The smallest absolute Gasteiger partial charge is 0.152 e. The lowest BCUT2D eigenvalue weighted by molar-refractivity contribution is 0.553. The summed E-state index contributed by atoms with van der Waals surface area (Å²) in [7, 11) is 0. The van der Waals surface area contributed by atoms with E-state index < -0.39 is 0 Å². The molecule has 0 bridgehead atoms. The average Bonchev–Trinajstić information content (AvgIpc) is 2.85. The standard InChI is InChI=1S/C11H11ClFN5/c12-4-8-3-9(13)5-14-11(8)17-1-2-18-7-15-16-10(18)6-17/h3,5,7H,1-2,4,6H2. The van der Waals surface area contributed by atoms with Gasteiger partial charge in [0.05, 0.1) is 18.6 Å². The van der Waals surface area contributed by atoms with Crippen LogP contribution < -0.4 is 4.90 Å². The summed E-state index contributed by atoms with van der Waals surface area (Å²) in [5.74, 6) is 1.48. The summed E-state index contributed by atoms with van der Waals surface area (Å²) in [4.78, 5) is 6.18. The van der Waals surface area contributed by atoms with Crippen molar-refractivity contribution < 1.29 is 4.39 Å². The fourth-order valence-electron chi connectivity index (χ4n) is 2.10. The van der Waals surface area contributed by atoms with Crippen LogP contribution in [0.25, 0.3) is 0 Å². The highest BCUT2D eigenvalue weighted by Crippen LogP contribution is 2.23. The maximum Gasteiger partial charge on any atom is 0.152 e. The van der Waals surface area contributed by atoms with Crippen LogP contribution in [0.5, 0.6) is 0 Å². The molecule has 0 radical (unpaired) electrons. The molecule has 94 valence electrons. The van der Waals surface area contributed by atoms with E-state index in [1.54, 1.807) is 6.33 Å². The third kappa shape index (κ3) is 1.92. The van der Waals surface area contributed by atoms with Crippen LogP contribution in [0.2, 0.25) is 0 Å². The van der Waals surface area contributed by atoms with Crippen LogP contribution in [0.1, 0.15) is 11.4 Å². The van der Waals surface area contributed by atoms with Crippen molar-refractivity contribution in [2.45, 2.75) is 19.0 Å². The Morgan fingerprint density at radius 2 is 2.28 bits per heavy atom. The second-order valence-corrected chi connectivity index (χ2v) is 4.40. The van der Waals surface area contributed by atoms with E-state index >= 15 is 0 Å². The van der Waals surface area contributed by atoms with Crippen LogP contribution in [0.4, 0.5) is 10.2 Å². The number of nitrogens with zero attached hydrogens (tertiary/aromatic N) is 5. The molecule has 0 spiro atoms. The summed E-state index contributed by atoms with van der Waals surface area (Å²) in [5, 5.41) is 7.91. The quantitative estimate of drug-likeness (QED) is 0.775. The van der Waals surface area contributed by atoms with Gasteiger partial charge in [-0.15, -0.1) is 21.8 Å². The third-order valence-corrected chi connectivity index (χ3v) is 3.28. The minimum absolute atomic E-state index is 0.239. The summed E-state index contributed by atoms with van der Waals surface area (Å²) in [6.07, 6.45) is 2.93. The van der Waals surface area contributed by atoms with Gasteiger partial charge < -0.3 is 9.47 Å². The molecule has 0 unspecified atom stereocenters. The Balaban J connectivity index is 1.93. The van der Waals surface area contributed by atoms with Crippen LogP contribution in [-0.4, -0.2) is 26.3 Å². The Kier molecular flexibility index (Phi) is 2.87. The SMILES string of the molecule is Fc1cnc(N2CCn3cnnc3C2)c(CCl)c1. The van der Waals surface area contributed by atoms with Gasteiger partial charge in [-0.3, -0.25) is 0 Å². The number of hydrogen-bond acceptors (Lipinski definition) is 4. The Bertz CT molecular complexity index is 570. The monoisotopic (exact) mass is 267 g/mol. The van der Waals surface area contributed by atoms with E-state index in [2.05, 4.69) is 15.2 Å². The van der Waals surface area contributed by atoms with Crippen molar-refractivity contribution in [1.82, 2.24) is 19.7 Å². The van der Waals surface area contributed by atoms with Gasteiger partial charge in [0.15, 0.2) is 5.82 Å². The van der Waals surface area contributed by atoms with Gasteiger partial charge in [0.1, 0.15) is 18.0 Å². The summed E-state index contributed by atoms with van der Waals surface area (Å²) >= 11 is 5.84. The van der Waals surface area contributed by atoms with E-state index in [-0.39, 0.29) is 11.7 Å². The Morgan fingerprint density at radius 3 is 3.11 bits per heavy atom. The normalized spacial score (nSPS) is 14.7. The summed E-state index contributed by atoms with van der Waals surface area (Å²) in [6.45, 7) is 2.19. The highest BCUT2D eigenvalue weighted by molar-refractivity contribution is 6.17. The Morgan fingerprint density at radius 1 is 1.39 bits per heavy atom. The Hall–Kier alpha value is -1.69. The maximum absolute atomic E-state index is 13.1. The van der Waals surface area contributed by atoms with Crippen molar-refractivity contribution in [1.29, 1.82) is 0 Å². The Labute approximate surface area is 108 Å². The first-order valence-electron chi connectivity index (χ1n) is 5.60. The van der Waals surface area contributed by atoms with Crippen molar-refractivity contribution in [3.8, 4) is 0 Å². The number of halogens is 2. The van der Waals surface area contributed by atoms with Crippen LogP contribution in [0.15, 0.2) is 18.6 Å². The number of pyridine rings is 1. The van der Waals surface area contributed by atoms with Crippen molar-refractivity contribution in [2.24, 2.45) is 0 Å². The average molecular weight is 268 g/mol. The lowest BCUT2D eigenvalue weighted by atomic mass is 10.2. The molecule has 18 heavy (non-hydrogen) atoms. The van der Waals surface area contributed by atoms with Crippen molar-refractivity contribution in [3.63, 3.8) is 0 Å². The molecular formula is C11H11ClFN5. The minimum atomic E-state index is -0.366. The van der Waals surface area contributed by atoms with Crippen LogP contribution in [0.3, 0.4) is 0 Å². The van der Waals surface area contributed by atoms with E-state index in [4.69, 9.17) is 11.6 Å². The highest BCUT2D eigenvalue weighted by atomic mass is 35.5. The van der Waals surface area contributed by atoms with Gasteiger partial charge in [0.25, 0.3) is 0 Å². The molecule has 7 heteroatoms. The third-order valence-electron chi connectivity index (χ3n) is 2.99. The molecule has 0 fully saturated rings. The molecule has 5 nitrogen and oxygen atoms in total. The van der Waals surface area contributed by atoms with Crippen LogP contribution >= 0.6 is 11.6 Å². The first-order valence-corrected chi connectivity index (χ1v) is 6.13. The molecule has 3 rings (SSSR count). The summed E-state index contributed by atoms with van der Waals surface area (Å²) < 4.78 is 15.1. The minimum Gasteiger partial charge on any atom is -0.347 e. The lowest BCUT2D eigenvalue weighted by Gasteiger charge is -2.29. The van der Waals surface area contributed by atoms with Crippen LogP contribution in [0, 0.1) is 5.82 Å². The largest absolute Gasteiger partial charge is 0.347 e. The number of anilines is 1. The van der Waals surface area contributed by atoms with Gasteiger partial charge in [0.2, 0.25) is 0 Å². The van der Waals surface area contributed by atoms with Gasteiger partial charge >= 0.3 is 0 Å². The fourth-order valence-corrected chi connectivity index (χ4v) is 2.30. The predicted octanol–water partition coefficient (Wildman–Crippen LogP) is 1.57. The van der Waals surface area contributed by atoms with E-state index in [0.717, 1.165) is 24.7 Å². The summed E-state index contributed by atoms with van der Waals surface area (Å²) in [5.41, 5.74) is 0.699. The predicted molar refractivity (Wildman–Crippen MR) is 64.8 cm³/mol. The van der Waals surface area contributed by atoms with Crippen molar-refractivity contribution >= 4 is 17.4 Å². The molecule has 0 amide bonds. The van der Waals surface area contributed by atoms with E-state index in [1.807, 2.05) is 9.47 Å². The van der Waals surface area contributed by atoms with E-state index in [9.17, 15) is 4.39 Å². The second kappa shape index (κ2) is 4.53. The molecule has 1 aliphatic rings. The molecule has 0 aromatic carbocycles. The molecule has 1 aliphatic heterocycles. The van der Waals surface area contributed by atoms with Gasteiger partial charge in [-0.2, -0.15) is 0 Å². The van der Waals surface area contributed by atoms with Gasteiger partial charge in [0, 0.05) is 18.7 Å². The molecule has 0 saturated carbocycles. The zero-order chi connectivity index (χ0) is 12.5. The molecule has 0 aliphatic carbocycles. The molecule has 0 saturated heterocycles. The van der Waals surface area contributed by atoms with Gasteiger partial charge in [-0.25, -0.2) is 9.37 Å². The number of alkyl halides is 1. The van der Waals surface area contributed by atoms with Gasteiger partial charge in [-0.05, 0) is 6.07 Å².